The summed E-state index contributed by atoms with van der Waals surface area (Å²) < 4.78 is 26.0. The van der Waals surface area contributed by atoms with Crippen LogP contribution in [0.1, 0.15) is 31.5 Å². The molecule has 2 aromatic carbocycles. The monoisotopic (exact) mass is 511 g/mol. The lowest BCUT2D eigenvalue weighted by molar-refractivity contribution is 0.351. The molecule has 8 heteroatoms. The molecule has 0 radical (unpaired) electrons. The van der Waals surface area contributed by atoms with Crippen molar-refractivity contribution in [3.63, 3.8) is 0 Å². The van der Waals surface area contributed by atoms with Gasteiger partial charge in [-0.15, -0.1) is 0 Å². The Kier molecular flexibility index (Phi) is 5.91. The number of pyridine rings is 1. The van der Waals surface area contributed by atoms with Gasteiger partial charge < -0.3 is 5.73 Å². The standard InChI is InChI=1S/C29H29N5O2S/c1-37(35,36)23-12-7-19(8-13-23)17-26-33-27(28-29(30)31-15-16-34(26)28)22-10-9-21-11-14-24(32-25(21)18-22)20-5-3-2-4-6-20/h2-6,9-11,14-16,18-19,23H,7-8,12-13,17H2,1H3,(H2,30,31). The van der Waals surface area contributed by atoms with Crippen LogP contribution in [0.25, 0.3) is 38.9 Å². The van der Waals surface area contributed by atoms with Crippen LogP contribution < -0.4 is 5.73 Å². The van der Waals surface area contributed by atoms with E-state index in [2.05, 4.69) is 41.4 Å². The smallest absolute Gasteiger partial charge is 0.150 e. The lowest BCUT2D eigenvalue weighted by Crippen LogP contribution is -2.27. The Morgan fingerprint density at radius 3 is 2.46 bits per heavy atom. The van der Waals surface area contributed by atoms with Gasteiger partial charge in [-0.05, 0) is 43.7 Å². The number of nitrogen functional groups attached to an aromatic ring is 1. The Labute approximate surface area is 216 Å². The van der Waals surface area contributed by atoms with E-state index >= 15 is 0 Å². The van der Waals surface area contributed by atoms with Gasteiger partial charge >= 0.3 is 0 Å². The molecule has 1 aliphatic carbocycles. The first-order valence-corrected chi connectivity index (χ1v) is 14.6. The van der Waals surface area contributed by atoms with E-state index in [9.17, 15) is 8.42 Å². The van der Waals surface area contributed by atoms with Gasteiger partial charge in [-0.1, -0.05) is 48.5 Å². The number of aromatic nitrogens is 4. The molecule has 5 aromatic rings. The molecule has 3 heterocycles. The van der Waals surface area contributed by atoms with Gasteiger partial charge in [0.15, 0.2) is 0 Å². The van der Waals surface area contributed by atoms with Crippen LogP contribution in [-0.2, 0) is 16.3 Å². The number of imidazole rings is 1. The third-order valence-corrected chi connectivity index (χ3v) is 9.24. The highest BCUT2D eigenvalue weighted by Gasteiger charge is 2.29. The van der Waals surface area contributed by atoms with E-state index < -0.39 is 9.84 Å². The molecule has 0 bridgehead atoms. The van der Waals surface area contributed by atoms with E-state index in [4.69, 9.17) is 15.7 Å². The van der Waals surface area contributed by atoms with Crippen LogP contribution in [0.5, 0.6) is 0 Å². The van der Waals surface area contributed by atoms with E-state index in [1.54, 1.807) is 6.20 Å². The van der Waals surface area contributed by atoms with Gasteiger partial charge in [0.25, 0.3) is 0 Å². The van der Waals surface area contributed by atoms with Gasteiger partial charge in [-0.2, -0.15) is 0 Å². The molecule has 1 aliphatic rings. The molecule has 1 fully saturated rings. The molecule has 0 unspecified atom stereocenters. The van der Waals surface area contributed by atoms with Crippen molar-refractivity contribution in [2.24, 2.45) is 5.92 Å². The van der Waals surface area contributed by atoms with Gasteiger partial charge in [0.05, 0.1) is 16.5 Å². The van der Waals surface area contributed by atoms with E-state index in [1.807, 2.05) is 34.9 Å². The summed E-state index contributed by atoms with van der Waals surface area (Å²) in [5, 5.41) is 0.836. The zero-order chi connectivity index (χ0) is 25.6. The minimum atomic E-state index is -2.98. The molecule has 2 N–H and O–H groups in total. The number of benzene rings is 2. The number of anilines is 1. The Balaban J connectivity index is 1.37. The second-order valence-corrected chi connectivity index (χ2v) is 12.4. The van der Waals surface area contributed by atoms with Crippen molar-refractivity contribution in [3.8, 4) is 22.5 Å². The lowest BCUT2D eigenvalue weighted by atomic mass is 9.86. The van der Waals surface area contributed by atoms with Gasteiger partial charge in [-0.3, -0.25) is 4.40 Å². The van der Waals surface area contributed by atoms with Crippen LogP contribution in [0.4, 0.5) is 5.82 Å². The van der Waals surface area contributed by atoms with Crippen molar-refractivity contribution < 1.29 is 8.42 Å². The fraction of sp³-hybridized carbons (Fsp3) is 0.276. The molecule has 7 nitrogen and oxygen atoms in total. The van der Waals surface area contributed by atoms with Crippen LogP contribution in [0.2, 0.25) is 0 Å². The number of nitrogens with zero attached hydrogens (tertiary/aromatic N) is 4. The third-order valence-electron chi connectivity index (χ3n) is 7.56. The molecule has 0 aliphatic heterocycles. The highest BCUT2D eigenvalue weighted by Crippen LogP contribution is 2.34. The normalized spacial score (nSPS) is 18.4. The SMILES string of the molecule is CS(=O)(=O)C1CCC(Cc2nc(-c3ccc4ccc(-c5ccccc5)nc4c3)c3c(N)nccn23)CC1. The van der Waals surface area contributed by atoms with Crippen LogP contribution in [0.3, 0.4) is 0 Å². The van der Waals surface area contributed by atoms with E-state index in [-0.39, 0.29) is 5.25 Å². The predicted molar refractivity (Wildman–Crippen MR) is 148 cm³/mol. The van der Waals surface area contributed by atoms with Crippen LogP contribution in [-0.4, -0.2) is 39.3 Å². The van der Waals surface area contributed by atoms with Gasteiger partial charge in [0, 0.05) is 41.6 Å². The fourth-order valence-corrected chi connectivity index (χ4v) is 6.66. The molecule has 0 saturated heterocycles. The Bertz CT molecular complexity index is 1710. The molecule has 37 heavy (non-hydrogen) atoms. The zero-order valence-electron chi connectivity index (χ0n) is 20.7. The number of hydrogen-bond acceptors (Lipinski definition) is 6. The summed E-state index contributed by atoms with van der Waals surface area (Å²) >= 11 is 0. The Morgan fingerprint density at radius 1 is 0.946 bits per heavy atom. The van der Waals surface area contributed by atoms with Crippen molar-refractivity contribution in [1.29, 1.82) is 0 Å². The lowest BCUT2D eigenvalue weighted by Gasteiger charge is -2.27. The van der Waals surface area contributed by atoms with E-state index in [0.717, 1.165) is 64.0 Å². The average molecular weight is 512 g/mol. The summed E-state index contributed by atoms with van der Waals surface area (Å²) in [6, 6.07) is 20.5. The van der Waals surface area contributed by atoms with Gasteiger partial charge in [0.1, 0.15) is 32.7 Å². The maximum Gasteiger partial charge on any atom is 0.150 e. The number of nitrogens with two attached hydrogens (primary N) is 1. The van der Waals surface area contributed by atoms with Crippen molar-refractivity contribution in [2.75, 3.05) is 12.0 Å². The van der Waals surface area contributed by atoms with Gasteiger partial charge in [0.2, 0.25) is 0 Å². The van der Waals surface area contributed by atoms with Crippen molar-refractivity contribution in [1.82, 2.24) is 19.4 Å². The van der Waals surface area contributed by atoms with Crippen LogP contribution in [0.15, 0.2) is 73.1 Å². The minimum Gasteiger partial charge on any atom is -0.382 e. The summed E-state index contributed by atoms with van der Waals surface area (Å²) in [6.07, 6.45) is 8.91. The summed E-state index contributed by atoms with van der Waals surface area (Å²) in [4.78, 5) is 14.3. The largest absolute Gasteiger partial charge is 0.382 e. The second kappa shape index (κ2) is 9.27. The first kappa shape index (κ1) is 23.6. The summed E-state index contributed by atoms with van der Waals surface area (Å²) in [6.45, 7) is 0. The van der Waals surface area contributed by atoms with Crippen molar-refractivity contribution in [2.45, 2.75) is 37.4 Å². The maximum absolute atomic E-state index is 12.0. The number of rotatable bonds is 5. The average Bonchev–Trinajstić information content (AvgIpc) is 3.28. The van der Waals surface area contributed by atoms with Gasteiger partial charge in [-0.25, -0.2) is 23.4 Å². The predicted octanol–water partition coefficient (Wildman–Crippen LogP) is 5.34. The quantitative estimate of drug-likeness (QED) is 0.342. The van der Waals surface area contributed by atoms with E-state index in [0.29, 0.717) is 24.6 Å². The third kappa shape index (κ3) is 4.57. The molecule has 0 spiro atoms. The van der Waals surface area contributed by atoms with E-state index in [1.165, 1.54) is 6.26 Å². The molecule has 188 valence electrons. The molecule has 1 saturated carbocycles. The molecule has 6 rings (SSSR count). The van der Waals surface area contributed by atoms with Crippen LogP contribution >= 0.6 is 0 Å². The van der Waals surface area contributed by atoms with Crippen molar-refractivity contribution in [3.05, 3.63) is 78.9 Å². The first-order chi connectivity index (χ1) is 17.9. The summed E-state index contributed by atoms with van der Waals surface area (Å²) in [5.41, 5.74) is 11.8. The molecular weight excluding hydrogens is 482 g/mol. The highest BCUT2D eigenvalue weighted by molar-refractivity contribution is 7.91. The number of sulfone groups is 1. The first-order valence-electron chi connectivity index (χ1n) is 12.6. The molecule has 0 amide bonds. The second-order valence-electron chi connectivity index (χ2n) is 10.1. The molecule has 3 aromatic heterocycles. The Hall–Kier alpha value is -3.78. The fourth-order valence-electron chi connectivity index (χ4n) is 5.53. The number of fused-ring (bicyclic) bond motifs is 2. The topological polar surface area (TPSA) is 103 Å². The minimum absolute atomic E-state index is 0.220. The molecule has 0 atom stereocenters. The highest BCUT2D eigenvalue weighted by atomic mass is 32.2. The summed E-state index contributed by atoms with van der Waals surface area (Å²) in [7, 11) is -2.98. The van der Waals surface area contributed by atoms with Crippen LogP contribution in [0, 0.1) is 5.92 Å². The zero-order valence-corrected chi connectivity index (χ0v) is 21.5. The molecular formula is C29H29N5O2S. The van der Waals surface area contributed by atoms with Crippen molar-refractivity contribution >= 4 is 32.1 Å². The maximum atomic E-state index is 12.0. The number of hydrogen-bond donors (Lipinski definition) is 1. The Morgan fingerprint density at radius 2 is 1.70 bits per heavy atom. The summed E-state index contributed by atoms with van der Waals surface area (Å²) in [5.74, 6) is 1.74.